The number of halogens is 1. The smallest absolute Gasteiger partial charge is 0.123 e. The molecule has 1 aromatic heterocycles. The first-order valence-corrected chi connectivity index (χ1v) is 7.36. The maximum absolute atomic E-state index is 13.3. The van der Waals surface area contributed by atoms with Crippen molar-refractivity contribution < 1.29 is 4.39 Å². The number of hydrogen-bond donors (Lipinski definition) is 1. The summed E-state index contributed by atoms with van der Waals surface area (Å²) >= 11 is 0. The molecule has 1 heterocycles. The van der Waals surface area contributed by atoms with Gasteiger partial charge in [-0.15, -0.1) is 5.10 Å². The van der Waals surface area contributed by atoms with E-state index in [4.69, 9.17) is 0 Å². The molecule has 0 bridgehead atoms. The van der Waals surface area contributed by atoms with Gasteiger partial charge in [-0.2, -0.15) is 0 Å². The number of nitrogens with one attached hydrogen (secondary N) is 1. The van der Waals surface area contributed by atoms with E-state index in [1.165, 1.54) is 6.07 Å². The third-order valence-electron chi connectivity index (χ3n) is 3.38. The number of aromatic nitrogens is 3. The zero-order valence-corrected chi connectivity index (χ0v) is 12.9. The van der Waals surface area contributed by atoms with Crippen LogP contribution in [0.3, 0.4) is 0 Å². The summed E-state index contributed by atoms with van der Waals surface area (Å²) in [6.45, 7) is 5.13. The predicted molar refractivity (Wildman–Crippen MR) is 81.4 cm³/mol. The van der Waals surface area contributed by atoms with Crippen molar-refractivity contribution in [1.29, 1.82) is 0 Å². The van der Waals surface area contributed by atoms with E-state index in [9.17, 15) is 4.39 Å². The van der Waals surface area contributed by atoms with Gasteiger partial charge in [0.1, 0.15) is 5.82 Å². The lowest BCUT2D eigenvalue weighted by Gasteiger charge is -2.18. The van der Waals surface area contributed by atoms with Gasteiger partial charge in [0.25, 0.3) is 0 Å². The fraction of sp³-hybridized carbons (Fsp3) is 0.500. The van der Waals surface area contributed by atoms with Gasteiger partial charge >= 0.3 is 0 Å². The standard InChI is InChI=1S/C16H23FN4/c1-12(2)18-10-14(9-16-11-21(3)20-19-16)7-13-5-4-6-15(17)8-13/h4-6,8,11-12,14,18H,7,9-10H2,1-3H3. The van der Waals surface area contributed by atoms with Gasteiger partial charge in [0.15, 0.2) is 0 Å². The molecule has 0 amide bonds. The SMILES string of the molecule is CC(C)NCC(Cc1cccc(F)c1)Cc1cn(C)nn1. The van der Waals surface area contributed by atoms with Gasteiger partial charge in [0, 0.05) is 19.3 Å². The fourth-order valence-electron chi connectivity index (χ4n) is 2.40. The summed E-state index contributed by atoms with van der Waals surface area (Å²) in [6, 6.07) is 7.26. The highest BCUT2D eigenvalue weighted by molar-refractivity contribution is 5.17. The van der Waals surface area contributed by atoms with Gasteiger partial charge < -0.3 is 5.32 Å². The zero-order valence-electron chi connectivity index (χ0n) is 12.9. The van der Waals surface area contributed by atoms with E-state index in [1.54, 1.807) is 16.8 Å². The summed E-state index contributed by atoms with van der Waals surface area (Å²) in [5.41, 5.74) is 2.00. The fourth-order valence-corrected chi connectivity index (χ4v) is 2.40. The second-order valence-electron chi connectivity index (χ2n) is 5.85. The van der Waals surface area contributed by atoms with Gasteiger partial charge in [0.05, 0.1) is 5.69 Å². The third-order valence-corrected chi connectivity index (χ3v) is 3.38. The Morgan fingerprint density at radius 1 is 1.29 bits per heavy atom. The van der Waals surface area contributed by atoms with E-state index in [2.05, 4.69) is 29.5 Å². The number of hydrogen-bond acceptors (Lipinski definition) is 3. The second-order valence-corrected chi connectivity index (χ2v) is 5.85. The van der Waals surface area contributed by atoms with Crippen LogP contribution in [-0.2, 0) is 19.9 Å². The summed E-state index contributed by atoms with van der Waals surface area (Å²) in [5, 5.41) is 11.6. The van der Waals surface area contributed by atoms with Crippen LogP contribution in [0.1, 0.15) is 25.1 Å². The van der Waals surface area contributed by atoms with Crippen LogP contribution in [-0.4, -0.2) is 27.6 Å². The van der Waals surface area contributed by atoms with Crippen LogP contribution >= 0.6 is 0 Å². The summed E-state index contributed by atoms with van der Waals surface area (Å²) < 4.78 is 15.0. The van der Waals surface area contributed by atoms with Crippen molar-refractivity contribution in [3.05, 3.63) is 47.5 Å². The highest BCUT2D eigenvalue weighted by Crippen LogP contribution is 2.14. The molecule has 0 spiro atoms. The third kappa shape index (κ3) is 5.27. The predicted octanol–water partition coefficient (Wildman–Crippen LogP) is 2.35. The number of rotatable bonds is 7. The van der Waals surface area contributed by atoms with E-state index in [1.807, 2.05) is 19.3 Å². The van der Waals surface area contributed by atoms with Gasteiger partial charge in [0.2, 0.25) is 0 Å². The maximum Gasteiger partial charge on any atom is 0.123 e. The van der Waals surface area contributed by atoms with Gasteiger partial charge in [-0.05, 0) is 43.0 Å². The Labute approximate surface area is 125 Å². The molecule has 0 aliphatic heterocycles. The lowest BCUT2D eigenvalue weighted by molar-refractivity contribution is 0.440. The Hall–Kier alpha value is -1.75. The van der Waals surface area contributed by atoms with E-state index in [0.29, 0.717) is 12.0 Å². The lowest BCUT2D eigenvalue weighted by atomic mass is 9.94. The van der Waals surface area contributed by atoms with Crippen LogP contribution in [0.15, 0.2) is 30.5 Å². The van der Waals surface area contributed by atoms with Crippen LogP contribution in [0.4, 0.5) is 4.39 Å². The number of nitrogens with zero attached hydrogens (tertiary/aromatic N) is 3. The zero-order chi connectivity index (χ0) is 15.2. The molecule has 114 valence electrons. The highest BCUT2D eigenvalue weighted by atomic mass is 19.1. The average Bonchev–Trinajstić information content (AvgIpc) is 2.81. The lowest BCUT2D eigenvalue weighted by Crippen LogP contribution is -2.31. The Bertz CT molecular complexity index is 565. The van der Waals surface area contributed by atoms with E-state index in [-0.39, 0.29) is 5.82 Å². The Balaban J connectivity index is 2.04. The molecule has 5 heteroatoms. The topological polar surface area (TPSA) is 42.7 Å². The quantitative estimate of drug-likeness (QED) is 0.851. The first-order valence-electron chi connectivity index (χ1n) is 7.36. The molecule has 1 aromatic carbocycles. The monoisotopic (exact) mass is 290 g/mol. The second kappa shape index (κ2) is 7.31. The van der Waals surface area contributed by atoms with E-state index < -0.39 is 0 Å². The molecule has 4 nitrogen and oxygen atoms in total. The molecule has 0 fully saturated rings. The molecular weight excluding hydrogens is 267 g/mol. The van der Waals surface area contributed by atoms with Crippen molar-refractivity contribution in [3.63, 3.8) is 0 Å². The summed E-state index contributed by atoms with van der Waals surface area (Å²) in [6.07, 6.45) is 3.60. The Kier molecular flexibility index (Phi) is 5.44. The van der Waals surface area contributed by atoms with Crippen molar-refractivity contribution in [2.75, 3.05) is 6.54 Å². The largest absolute Gasteiger partial charge is 0.314 e. The number of benzene rings is 1. The molecule has 1 atom stereocenters. The minimum atomic E-state index is -0.178. The van der Waals surface area contributed by atoms with Crippen molar-refractivity contribution in [2.24, 2.45) is 13.0 Å². The van der Waals surface area contributed by atoms with Gasteiger partial charge in [-0.3, -0.25) is 4.68 Å². The van der Waals surface area contributed by atoms with Gasteiger partial charge in [-0.1, -0.05) is 31.2 Å². The minimum absolute atomic E-state index is 0.178. The van der Waals surface area contributed by atoms with Crippen molar-refractivity contribution in [3.8, 4) is 0 Å². The van der Waals surface area contributed by atoms with Crippen LogP contribution in [0.5, 0.6) is 0 Å². The normalized spacial score (nSPS) is 12.8. The molecule has 0 aliphatic rings. The van der Waals surface area contributed by atoms with E-state index >= 15 is 0 Å². The molecule has 0 aliphatic carbocycles. The molecule has 1 N–H and O–H groups in total. The van der Waals surface area contributed by atoms with Crippen LogP contribution in [0, 0.1) is 11.7 Å². The molecule has 2 rings (SSSR count). The molecule has 0 saturated carbocycles. The molecule has 1 unspecified atom stereocenters. The van der Waals surface area contributed by atoms with Crippen LogP contribution in [0.2, 0.25) is 0 Å². The van der Waals surface area contributed by atoms with Crippen molar-refractivity contribution >= 4 is 0 Å². The highest BCUT2D eigenvalue weighted by Gasteiger charge is 2.14. The molecule has 21 heavy (non-hydrogen) atoms. The first kappa shape index (κ1) is 15.6. The molecule has 0 radical (unpaired) electrons. The van der Waals surface area contributed by atoms with Crippen molar-refractivity contribution in [1.82, 2.24) is 20.3 Å². The maximum atomic E-state index is 13.3. The molecule has 2 aromatic rings. The molecular formula is C16H23FN4. The molecule has 0 saturated heterocycles. The summed E-state index contributed by atoms with van der Waals surface area (Å²) in [4.78, 5) is 0. The first-order chi connectivity index (χ1) is 10.0. The van der Waals surface area contributed by atoms with Gasteiger partial charge in [-0.25, -0.2) is 4.39 Å². The number of aryl methyl sites for hydroxylation is 1. The minimum Gasteiger partial charge on any atom is -0.314 e. The van der Waals surface area contributed by atoms with Crippen LogP contribution < -0.4 is 5.32 Å². The average molecular weight is 290 g/mol. The Morgan fingerprint density at radius 3 is 2.71 bits per heavy atom. The summed E-state index contributed by atoms with van der Waals surface area (Å²) in [5.74, 6) is 0.188. The van der Waals surface area contributed by atoms with E-state index in [0.717, 1.165) is 30.6 Å². The summed E-state index contributed by atoms with van der Waals surface area (Å²) in [7, 11) is 1.87. The van der Waals surface area contributed by atoms with Crippen LogP contribution in [0.25, 0.3) is 0 Å². The van der Waals surface area contributed by atoms with Crippen molar-refractivity contribution in [2.45, 2.75) is 32.7 Å². The Morgan fingerprint density at radius 2 is 2.10 bits per heavy atom.